The van der Waals surface area contributed by atoms with Crippen LogP contribution < -0.4 is 4.74 Å². The van der Waals surface area contributed by atoms with Crippen molar-refractivity contribution < 1.29 is 4.74 Å². The molecule has 192 valence electrons. The molecule has 0 N–H and O–H groups in total. The van der Waals surface area contributed by atoms with Crippen LogP contribution >= 0.6 is 0 Å². The van der Waals surface area contributed by atoms with E-state index in [4.69, 9.17) is 4.74 Å². The average molecular weight is 523 g/mol. The van der Waals surface area contributed by atoms with Crippen LogP contribution in [0.15, 0.2) is 158 Å². The van der Waals surface area contributed by atoms with Gasteiger partial charge in [0, 0.05) is 10.9 Å². The van der Waals surface area contributed by atoms with Gasteiger partial charge in [-0.05, 0) is 79.7 Å². The van der Waals surface area contributed by atoms with E-state index in [0.717, 1.165) is 17.1 Å². The summed E-state index contributed by atoms with van der Waals surface area (Å²) in [6.45, 7) is 0. The summed E-state index contributed by atoms with van der Waals surface area (Å²) in [6.07, 6.45) is 0. The van der Waals surface area contributed by atoms with E-state index < -0.39 is 0 Å². The van der Waals surface area contributed by atoms with Crippen LogP contribution in [0.4, 0.5) is 0 Å². The van der Waals surface area contributed by atoms with Crippen molar-refractivity contribution in [1.29, 1.82) is 0 Å². The van der Waals surface area contributed by atoms with Crippen molar-refractivity contribution in [3.63, 3.8) is 0 Å². The standard InChI is InChI=1S/C40H26O/c1-3-9-29(10-4-1)34-23-21-32(25-36(34)30-11-5-2-6-12-30)27-17-19-28(20-18-27)33-22-24-38-37(26-33)35-15-7-13-31-14-8-16-39(41-38)40(31)35/h1-26H. The number of rotatable bonds is 4. The minimum Gasteiger partial charge on any atom is -0.456 e. The molecule has 0 spiro atoms. The summed E-state index contributed by atoms with van der Waals surface area (Å²) in [6, 6.07) is 56.2. The molecule has 1 nitrogen and oxygen atoms in total. The van der Waals surface area contributed by atoms with E-state index in [2.05, 4.69) is 158 Å². The predicted molar refractivity (Wildman–Crippen MR) is 171 cm³/mol. The monoisotopic (exact) mass is 522 g/mol. The van der Waals surface area contributed by atoms with Crippen LogP contribution in [0, 0.1) is 0 Å². The molecule has 1 aliphatic heterocycles. The van der Waals surface area contributed by atoms with E-state index in [1.54, 1.807) is 0 Å². The number of hydrogen-bond donors (Lipinski definition) is 0. The first-order chi connectivity index (χ1) is 20.3. The van der Waals surface area contributed by atoms with Crippen LogP contribution in [0.2, 0.25) is 0 Å². The third-order valence-electron chi connectivity index (χ3n) is 8.10. The van der Waals surface area contributed by atoms with Gasteiger partial charge in [0.2, 0.25) is 0 Å². The van der Waals surface area contributed by atoms with Crippen molar-refractivity contribution in [1.82, 2.24) is 0 Å². The first-order valence-electron chi connectivity index (χ1n) is 14.0. The molecular weight excluding hydrogens is 496 g/mol. The molecule has 0 bridgehead atoms. The first kappa shape index (κ1) is 23.5. The van der Waals surface area contributed by atoms with Gasteiger partial charge in [-0.1, -0.05) is 133 Å². The zero-order valence-electron chi connectivity index (χ0n) is 22.4. The summed E-state index contributed by atoms with van der Waals surface area (Å²) in [7, 11) is 0. The Balaban J connectivity index is 1.17. The second-order valence-corrected chi connectivity index (χ2v) is 10.5. The Morgan fingerprint density at radius 2 is 0.854 bits per heavy atom. The van der Waals surface area contributed by atoms with Crippen molar-refractivity contribution in [2.24, 2.45) is 0 Å². The predicted octanol–water partition coefficient (Wildman–Crippen LogP) is 11.3. The lowest BCUT2D eigenvalue weighted by atomic mass is 9.90. The summed E-state index contributed by atoms with van der Waals surface area (Å²) >= 11 is 0. The molecule has 0 radical (unpaired) electrons. The highest BCUT2D eigenvalue weighted by atomic mass is 16.5. The fourth-order valence-corrected chi connectivity index (χ4v) is 6.05. The van der Waals surface area contributed by atoms with Crippen LogP contribution in [0.3, 0.4) is 0 Å². The Bertz CT molecular complexity index is 2030. The van der Waals surface area contributed by atoms with E-state index in [0.29, 0.717) is 0 Å². The van der Waals surface area contributed by atoms with Crippen molar-refractivity contribution in [3.05, 3.63) is 158 Å². The summed E-state index contributed by atoms with van der Waals surface area (Å²) in [5.74, 6) is 1.83. The third-order valence-corrected chi connectivity index (χ3v) is 8.10. The fourth-order valence-electron chi connectivity index (χ4n) is 6.05. The van der Waals surface area contributed by atoms with Gasteiger partial charge in [0.15, 0.2) is 0 Å². The summed E-state index contributed by atoms with van der Waals surface area (Å²) in [5.41, 5.74) is 12.1. The smallest absolute Gasteiger partial charge is 0.135 e. The van der Waals surface area contributed by atoms with Gasteiger partial charge in [0.1, 0.15) is 11.5 Å². The molecule has 0 amide bonds. The molecule has 0 fully saturated rings. The Morgan fingerprint density at radius 1 is 0.293 bits per heavy atom. The lowest BCUT2D eigenvalue weighted by Crippen LogP contribution is -1.97. The van der Waals surface area contributed by atoms with Gasteiger partial charge in [-0.15, -0.1) is 0 Å². The Hall–Kier alpha value is -5.40. The molecule has 0 aromatic heterocycles. The topological polar surface area (TPSA) is 9.23 Å². The van der Waals surface area contributed by atoms with Crippen LogP contribution in [0.5, 0.6) is 11.5 Å². The molecule has 8 rings (SSSR count). The number of hydrogen-bond acceptors (Lipinski definition) is 1. The van der Waals surface area contributed by atoms with Crippen LogP contribution in [0.1, 0.15) is 0 Å². The average Bonchev–Trinajstić information content (AvgIpc) is 3.05. The van der Waals surface area contributed by atoms with E-state index in [-0.39, 0.29) is 0 Å². The van der Waals surface area contributed by atoms with Gasteiger partial charge in [-0.25, -0.2) is 0 Å². The maximum absolute atomic E-state index is 6.31. The number of ether oxygens (including phenoxy) is 1. The van der Waals surface area contributed by atoms with Crippen LogP contribution in [0.25, 0.3) is 66.4 Å². The zero-order valence-corrected chi connectivity index (χ0v) is 22.4. The highest BCUT2D eigenvalue weighted by Gasteiger charge is 2.20. The Labute approximate surface area is 240 Å². The molecule has 0 saturated heterocycles. The molecule has 0 saturated carbocycles. The fraction of sp³-hybridized carbons (Fsp3) is 0. The van der Waals surface area contributed by atoms with Gasteiger partial charge < -0.3 is 4.74 Å². The minimum absolute atomic E-state index is 0.906. The molecule has 1 heteroatoms. The van der Waals surface area contributed by atoms with E-state index >= 15 is 0 Å². The second-order valence-electron chi connectivity index (χ2n) is 10.5. The van der Waals surface area contributed by atoms with E-state index in [9.17, 15) is 0 Å². The SMILES string of the molecule is c1ccc(-c2ccc(-c3ccc(-c4ccc5c(c4)-c4cccc6cccc(c46)O5)cc3)cc2-c2ccccc2)cc1. The maximum atomic E-state index is 6.31. The van der Waals surface area contributed by atoms with Gasteiger partial charge in [-0.2, -0.15) is 0 Å². The summed E-state index contributed by atoms with van der Waals surface area (Å²) in [5, 5.41) is 2.39. The summed E-state index contributed by atoms with van der Waals surface area (Å²) in [4.78, 5) is 0. The molecule has 1 heterocycles. The first-order valence-corrected chi connectivity index (χ1v) is 14.0. The maximum Gasteiger partial charge on any atom is 0.135 e. The molecule has 0 aliphatic carbocycles. The van der Waals surface area contributed by atoms with Crippen molar-refractivity contribution >= 4 is 10.8 Å². The largest absolute Gasteiger partial charge is 0.456 e. The van der Waals surface area contributed by atoms with Crippen molar-refractivity contribution in [3.8, 4) is 67.1 Å². The van der Waals surface area contributed by atoms with Gasteiger partial charge in [0.05, 0.1) is 0 Å². The quantitative estimate of drug-likeness (QED) is 0.223. The van der Waals surface area contributed by atoms with Gasteiger partial charge in [0.25, 0.3) is 0 Å². The Kier molecular flexibility index (Phi) is 5.53. The molecule has 0 atom stereocenters. The van der Waals surface area contributed by atoms with Gasteiger partial charge >= 0.3 is 0 Å². The third kappa shape index (κ3) is 4.11. The highest BCUT2D eigenvalue weighted by Crippen LogP contribution is 2.47. The van der Waals surface area contributed by atoms with Crippen LogP contribution in [-0.2, 0) is 0 Å². The zero-order chi connectivity index (χ0) is 27.2. The van der Waals surface area contributed by atoms with Gasteiger partial charge in [-0.3, -0.25) is 0 Å². The molecule has 41 heavy (non-hydrogen) atoms. The highest BCUT2D eigenvalue weighted by molar-refractivity contribution is 6.04. The molecule has 7 aromatic carbocycles. The lowest BCUT2D eigenvalue weighted by molar-refractivity contribution is 0.487. The Morgan fingerprint density at radius 3 is 1.54 bits per heavy atom. The molecule has 7 aromatic rings. The van der Waals surface area contributed by atoms with Crippen molar-refractivity contribution in [2.45, 2.75) is 0 Å². The van der Waals surface area contributed by atoms with Crippen LogP contribution in [-0.4, -0.2) is 0 Å². The summed E-state index contributed by atoms with van der Waals surface area (Å²) < 4.78 is 6.31. The molecule has 0 unspecified atom stereocenters. The minimum atomic E-state index is 0.906. The number of fused-ring (bicyclic) bond motifs is 2. The van der Waals surface area contributed by atoms with Crippen molar-refractivity contribution in [2.75, 3.05) is 0 Å². The lowest BCUT2D eigenvalue weighted by Gasteiger charge is -2.22. The molecular formula is C40H26O. The normalized spacial score (nSPS) is 11.6. The molecule has 1 aliphatic rings. The second kappa shape index (κ2) is 9.66. The van der Waals surface area contributed by atoms with E-state index in [1.807, 2.05) is 0 Å². The van der Waals surface area contributed by atoms with E-state index in [1.165, 1.54) is 60.8 Å². The number of benzene rings is 7.